The van der Waals surface area contributed by atoms with Gasteiger partial charge in [-0.25, -0.2) is 5.43 Å². The smallest absolute Gasteiger partial charge is 0.262 e. The lowest BCUT2D eigenvalue weighted by atomic mass is 10.2. The molecule has 0 heterocycles. The van der Waals surface area contributed by atoms with E-state index in [4.69, 9.17) is 0 Å². The second kappa shape index (κ2) is 8.24. The summed E-state index contributed by atoms with van der Waals surface area (Å²) in [6.07, 6.45) is 1.54. The van der Waals surface area contributed by atoms with E-state index < -0.39 is 11.9 Å². The minimum Gasteiger partial charge on any atom is -0.340 e. The van der Waals surface area contributed by atoms with Gasteiger partial charge in [0.2, 0.25) is 0 Å². The molecule has 0 saturated carbocycles. The van der Waals surface area contributed by atoms with Gasteiger partial charge >= 0.3 is 0 Å². The number of carbonyl (C=O) groups excluding carboxylic acids is 2. The summed E-state index contributed by atoms with van der Waals surface area (Å²) in [5.74, 6) is -0.718. The highest BCUT2D eigenvalue weighted by Crippen LogP contribution is 2.15. The highest BCUT2D eigenvalue weighted by atomic mass is 79.9. The number of nitrogens with zero attached hydrogens (tertiary/aromatic N) is 1. The van der Waals surface area contributed by atoms with Crippen LogP contribution in [0.2, 0.25) is 0 Å². The van der Waals surface area contributed by atoms with E-state index in [1.165, 1.54) is 0 Å². The third kappa shape index (κ3) is 5.03. The van der Waals surface area contributed by atoms with Gasteiger partial charge in [0.25, 0.3) is 11.8 Å². The zero-order chi connectivity index (χ0) is 16.7. The number of nitrogens with one attached hydrogen (secondary N) is 2. The first-order valence-corrected chi connectivity index (χ1v) is 7.80. The van der Waals surface area contributed by atoms with Gasteiger partial charge in [-0.3, -0.25) is 9.59 Å². The SMILES string of the molecule is CC(NC(=O)c1ccccc1Br)C(=O)NN=Cc1ccccc1. The molecule has 2 N–H and O–H groups in total. The molecule has 0 aliphatic carbocycles. The molecule has 1 unspecified atom stereocenters. The summed E-state index contributed by atoms with van der Waals surface area (Å²) in [6.45, 7) is 1.60. The van der Waals surface area contributed by atoms with E-state index >= 15 is 0 Å². The Balaban J connectivity index is 1.89. The molecule has 0 fully saturated rings. The average Bonchev–Trinajstić information content (AvgIpc) is 2.56. The first kappa shape index (κ1) is 16.9. The highest BCUT2D eigenvalue weighted by molar-refractivity contribution is 9.10. The van der Waals surface area contributed by atoms with Gasteiger partial charge in [0, 0.05) is 4.47 Å². The van der Waals surface area contributed by atoms with Crippen LogP contribution in [0.25, 0.3) is 0 Å². The van der Waals surface area contributed by atoms with E-state index in [2.05, 4.69) is 31.8 Å². The number of hydrogen-bond donors (Lipinski definition) is 2. The van der Waals surface area contributed by atoms with Crippen LogP contribution in [0, 0.1) is 0 Å². The van der Waals surface area contributed by atoms with Crippen LogP contribution in [0.15, 0.2) is 64.2 Å². The molecule has 2 aromatic carbocycles. The molecule has 2 amide bonds. The summed E-state index contributed by atoms with van der Waals surface area (Å²) in [7, 11) is 0. The Kier molecular flexibility index (Phi) is 6.05. The van der Waals surface area contributed by atoms with E-state index in [0.29, 0.717) is 10.0 Å². The molecule has 0 spiro atoms. The quantitative estimate of drug-likeness (QED) is 0.624. The van der Waals surface area contributed by atoms with E-state index in [9.17, 15) is 9.59 Å². The fourth-order valence-electron chi connectivity index (χ4n) is 1.79. The first-order chi connectivity index (χ1) is 11.1. The Bertz CT molecular complexity index is 717. The summed E-state index contributed by atoms with van der Waals surface area (Å²) in [5, 5.41) is 6.51. The fourth-order valence-corrected chi connectivity index (χ4v) is 2.26. The van der Waals surface area contributed by atoms with Gasteiger partial charge in [-0.1, -0.05) is 42.5 Å². The average molecular weight is 374 g/mol. The van der Waals surface area contributed by atoms with Crippen LogP contribution in [0.1, 0.15) is 22.8 Å². The lowest BCUT2D eigenvalue weighted by Crippen LogP contribution is -2.43. The molecule has 0 bridgehead atoms. The Morgan fingerprint density at radius 3 is 2.43 bits per heavy atom. The number of hydrazone groups is 1. The van der Waals surface area contributed by atoms with Crippen molar-refractivity contribution in [2.45, 2.75) is 13.0 Å². The molecule has 2 rings (SSSR count). The summed E-state index contributed by atoms with van der Waals surface area (Å²) < 4.78 is 0.673. The Morgan fingerprint density at radius 1 is 1.09 bits per heavy atom. The van der Waals surface area contributed by atoms with Crippen LogP contribution >= 0.6 is 15.9 Å². The Morgan fingerprint density at radius 2 is 1.74 bits per heavy atom. The number of benzene rings is 2. The van der Waals surface area contributed by atoms with Crippen molar-refractivity contribution in [3.63, 3.8) is 0 Å². The van der Waals surface area contributed by atoms with Crippen molar-refractivity contribution in [1.82, 2.24) is 10.7 Å². The Labute approximate surface area is 142 Å². The molecule has 0 aliphatic rings. The third-order valence-corrected chi connectivity index (χ3v) is 3.74. The summed E-state index contributed by atoms with van der Waals surface area (Å²) >= 11 is 3.31. The van der Waals surface area contributed by atoms with Crippen molar-refractivity contribution in [3.05, 3.63) is 70.2 Å². The normalized spacial score (nSPS) is 11.9. The molecule has 23 heavy (non-hydrogen) atoms. The molecule has 0 aromatic heterocycles. The topological polar surface area (TPSA) is 70.6 Å². The van der Waals surface area contributed by atoms with Crippen LogP contribution in [0.3, 0.4) is 0 Å². The molecule has 1 atom stereocenters. The summed E-state index contributed by atoms with van der Waals surface area (Å²) in [6, 6.07) is 15.7. The van der Waals surface area contributed by atoms with Gasteiger partial charge in [0.15, 0.2) is 0 Å². The second-order valence-electron chi connectivity index (χ2n) is 4.82. The molecule has 0 aliphatic heterocycles. The van der Waals surface area contributed by atoms with Crippen LogP contribution in [0.4, 0.5) is 0 Å². The number of amides is 2. The number of halogens is 1. The zero-order valence-corrected chi connectivity index (χ0v) is 14.1. The van der Waals surface area contributed by atoms with Crippen LogP contribution in [-0.2, 0) is 4.79 Å². The predicted octanol–water partition coefficient (Wildman–Crippen LogP) is 2.72. The number of carbonyl (C=O) groups is 2. The standard InChI is InChI=1S/C17H16BrN3O2/c1-12(20-17(23)14-9-5-6-10-15(14)18)16(22)21-19-11-13-7-3-2-4-8-13/h2-12H,1H3,(H,20,23)(H,21,22). The van der Waals surface area contributed by atoms with Gasteiger partial charge in [-0.2, -0.15) is 5.10 Å². The van der Waals surface area contributed by atoms with Crippen molar-refractivity contribution in [2.75, 3.05) is 0 Å². The maximum absolute atomic E-state index is 12.1. The van der Waals surface area contributed by atoms with E-state index in [0.717, 1.165) is 5.56 Å². The van der Waals surface area contributed by atoms with Gasteiger partial charge < -0.3 is 5.32 Å². The third-order valence-electron chi connectivity index (χ3n) is 3.05. The lowest BCUT2D eigenvalue weighted by molar-refractivity contribution is -0.122. The second-order valence-corrected chi connectivity index (χ2v) is 5.67. The van der Waals surface area contributed by atoms with E-state index in [1.54, 1.807) is 31.3 Å². The van der Waals surface area contributed by atoms with Gasteiger partial charge in [0.1, 0.15) is 6.04 Å². The van der Waals surface area contributed by atoms with Crippen molar-refractivity contribution >= 4 is 34.0 Å². The van der Waals surface area contributed by atoms with E-state index in [-0.39, 0.29) is 5.91 Å². The minimum absolute atomic E-state index is 0.327. The lowest BCUT2D eigenvalue weighted by Gasteiger charge is -2.12. The summed E-state index contributed by atoms with van der Waals surface area (Å²) in [5.41, 5.74) is 3.75. The van der Waals surface area contributed by atoms with Crippen molar-refractivity contribution < 1.29 is 9.59 Å². The maximum atomic E-state index is 12.1. The monoisotopic (exact) mass is 373 g/mol. The number of hydrogen-bond acceptors (Lipinski definition) is 3. The van der Waals surface area contributed by atoms with Crippen molar-refractivity contribution in [3.8, 4) is 0 Å². The van der Waals surface area contributed by atoms with Gasteiger partial charge in [-0.15, -0.1) is 0 Å². The first-order valence-electron chi connectivity index (χ1n) is 7.01. The molecular weight excluding hydrogens is 358 g/mol. The Hall–Kier alpha value is -2.47. The molecule has 2 aromatic rings. The van der Waals surface area contributed by atoms with E-state index in [1.807, 2.05) is 36.4 Å². The fraction of sp³-hybridized carbons (Fsp3) is 0.118. The molecule has 5 nitrogen and oxygen atoms in total. The maximum Gasteiger partial charge on any atom is 0.262 e. The number of rotatable bonds is 5. The molecular formula is C17H16BrN3O2. The summed E-state index contributed by atoms with van der Waals surface area (Å²) in [4.78, 5) is 24.0. The molecule has 6 heteroatoms. The highest BCUT2D eigenvalue weighted by Gasteiger charge is 2.17. The predicted molar refractivity (Wildman–Crippen MR) is 93.2 cm³/mol. The molecule has 0 radical (unpaired) electrons. The van der Waals surface area contributed by atoms with Crippen molar-refractivity contribution in [2.24, 2.45) is 5.10 Å². The molecule has 0 saturated heterocycles. The van der Waals surface area contributed by atoms with Crippen LogP contribution in [0.5, 0.6) is 0 Å². The van der Waals surface area contributed by atoms with Gasteiger partial charge in [-0.05, 0) is 40.5 Å². The van der Waals surface area contributed by atoms with Crippen LogP contribution < -0.4 is 10.7 Å². The van der Waals surface area contributed by atoms with Crippen molar-refractivity contribution in [1.29, 1.82) is 0 Å². The van der Waals surface area contributed by atoms with Crippen LogP contribution in [-0.4, -0.2) is 24.1 Å². The largest absolute Gasteiger partial charge is 0.340 e. The molecule has 118 valence electrons. The zero-order valence-electron chi connectivity index (χ0n) is 12.5. The van der Waals surface area contributed by atoms with Gasteiger partial charge in [0.05, 0.1) is 11.8 Å². The minimum atomic E-state index is -0.706.